The Morgan fingerprint density at radius 1 is 1.21 bits per heavy atom. The third-order valence-corrected chi connectivity index (χ3v) is 8.63. The van der Waals surface area contributed by atoms with E-state index in [2.05, 4.69) is 10.2 Å². The lowest BCUT2D eigenvalue weighted by molar-refractivity contribution is -0.163. The summed E-state index contributed by atoms with van der Waals surface area (Å²) in [5, 5.41) is 35.8. The molecule has 0 aromatic heterocycles. The summed E-state index contributed by atoms with van der Waals surface area (Å²) in [7, 11) is 1.96. The number of benzene rings is 2. The number of hydrogen-bond acceptors (Lipinski definition) is 8. The maximum atomic E-state index is 13.1. The predicted octanol–water partition coefficient (Wildman–Crippen LogP) is 2.22. The average molecular weight is 523 g/mol. The number of nitrogens with one attached hydrogen (secondary N) is 1. The number of likely N-dealkylation sites (N-methyl/N-ethyl adjacent to an activating group) is 1. The fourth-order valence-corrected chi connectivity index (χ4v) is 6.35. The van der Waals surface area contributed by atoms with Crippen molar-refractivity contribution in [1.82, 2.24) is 10.2 Å². The van der Waals surface area contributed by atoms with Crippen LogP contribution in [-0.2, 0) is 19.7 Å². The maximum absolute atomic E-state index is 13.1. The van der Waals surface area contributed by atoms with Crippen molar-refractivity contribution < 1.29 is 34.4 Å². The van der Waals surface area contributed by atoms with Crippen LogP contribution >= 0.6 is 0 Å². The molecule has 9 heteroatoms. The zero-order chi connectivity index (χ0) is 27.4. The molecule has 2 aromatic carbocycles. The highest BCUT2D eigenvalue weighted by Crippen LogP contribution is 2.62. The molecule has 5 rings (SSSR count). The molecule has 0 saturated carbocycles. The minimum Gasteiger partial charge on any atom is -0.504 e. The van der Waals surface area contributed by atoms with Gasteiger partial charge in [0.25, 0.3) is 5.91 Å². The summed E-state index contributed by atoms with van der Waals surface area (Å²) >= 11 is 0. The molecule has 9 nitrogen and oxygen atoms in total. The molecule has 0 bridgehead atoms. The number of hydrogen-bond donors (Lipinski definition) is 4. The Hall–Kier alpha value is -3.40. The van der Waals surface area contributed by atoms with Crippen LogP contribution in [0.15, 0.2) is 54.3 Å². The molecule has 2 unspecified atom stereocenters. The van der Waals surface area contributed by atoms with E-state index in [1.165, 1.54) is 6.92 Å². The molecule has 1 amide bonds. The topological polar surface area (TPSA) is 129 Å². The number of fused-ring (bicyclic) bond motifs is 1. The van der Waals surface area contributed by atoms with E-state index < -0.39 is 41.1 Å². The Bertz CT molecular complexity index is 1300. The van der Waals surface area contributed by atoms with Gasteiger partial charge in [-0.15, -0.1) is 0 Å². The second kappa shape index (κ2) is 9.41. The highest BCUT2D eigenvalue weighted by atomic mass is 16.6. The Kier molecular flexibility index (Phi) is 6.49. The van der Waals surface area contributed by atoms with Gasteiger partial charge in [-0.25, -0.2) is 4.79 Å². The normalized spacial score (nSPS) is 29.6. The van der Waals surface area contributed by atoms with Gasteiger partial charge in [-0.1, -0.05) is 36.4 Å². The van der Waals surface area contributed by atoms with Gasteiger partial charge < -0.3 is 35.0 Å². The molecule has 1 spiro atoms. The van der Waals surface area contributed by atoms with Crippen LogP contribution < -0.4 is 10.1 Å². The highest BCUT2D eigenvalue weighted by Gasteiger charge is 2.69. The van der Waals surface area contributed by atoms with E-state index in [-0.39, 0.29) is 24.0 Å². The summed E-state index contributed by atoms with van der Waals surface area (Å²) in [5.74, 6) is -0.965. The first-order valence-corrected chi connectivity index (χ1v) is 12.9. The second-order valence-corrected chi connectivity index (χ2v) is 10.7. The van der Waals surface area contributed by atoms with Crippen LogP contribution in [0.25, 0.3) is 0 Å². The number of piperidine rings is 1. The first-order chi connectivity index (χ1) is 18.0. The van der Waals surface area contributed by atoms with Crippen LogP contribution in [0.3, 0.4) is 0 Å². The molecule has 2 heterocycles. The zero-order valence-electron chi connectivity index (χ0n) is 22.0. The van der Waals surface area contributed by atoms with Crippen molar-refractivity contribution in [3.05, 3.63) is 71.0 Å². The monoisotopic (exact) mass is 522 g/mol. The lowest BCUT2D eigenvalue weighted by Gasteiger charge is -2.58. The van der Waals surface area contributed by atoms with Gasteiger partial charge in [0.15, 0.2) is 23.7 Å². The Morgan fingerprint density at radius 2 is 1.92 bits per heavy atom. The van der Waals surface area contributed by atoms with Crippen molar-refractivity contribution in [2.75, 3.05) is 13.6 Å². The Balaban J connectivity index is 1.42. The quantitative estimate of drug-likeness (QED) is 0.440. The van der Waals surface area contributed by atoms with Crippen molar-refractivity contribution in [2.24, 2.45) is 0 Å². The first kappa shape index (κ1) is 26.2. The Labute approximate surface area is 221 Å². The number of nitrogens with zero attached hydrogens (tertiary/aromatic N) is 1. The number of aromatic hydroxyl groups is 1. The summed E-state index contributed by atoms with van der Waals surface area (Å²) in [6.07, 6.45) is 0.126. The van der Waals surface area contributed by atoms with Gasteiger partial charge in [0.2, 0.25) is 0 Å². The molecule has 2 aromatic rings. The number of rotatable bonds is 5. The summed E-state index contributed by atoms with van der Waals surface area (Å²) in [6.45, 7) is 6.03. The molecule has 6 atom stereocenters. The van der Waals surface area contributed by atoms with Crippen molar-refractivity contribution in [2.45, 2.75) is 68.9 Å². The van der Waals surface area contributed by atoms with Crippen molar-refractivity contribution in [1.29, 1.82) is 0 Å². The van der Waals surface area contributed by atoms with E-state index >= 15 is 0 Å². The molecule has 1 saturated heterocycles. The number of aryl methyl sites for hydroxylation is 1. The summed E-state index contributed by atoms with van der Waals surface area (Å²) in [6, 6.07) is 10.5. The lowest BCUT2D eigenvalue weighted by atomic mass is 9.54. The van der Waals surface area contributed by atoms with E-state index in [9.17, 15) is 24.9 Å². The molecule has 3 aliphatic rings. The largest absolute Gasteiger partial charge is 0.504 e. The standard InChI is InChI=1S/C29H34N2O7/c1-16-10-11-20(32)24-22(16)28-14-15-31(4)18(3)29(28,36)13-12-21(25(28)38-24)37-27(35)17(2)30-26(34)23(33)19-8-6-5-7-9-19/h5-12,17-18,23,25,32-33,36H,13-15H2,1-4H3,(H,30,34)/t17-,18+,23-,25?,28?,29+/m0/s1. The van der Waals surface area contributed by atoms with E-state index in [0.717, 1.165) is 11.1 Å². The van der Waals surface area contributed by atoms with Crippen molar-refractivity contribution >= 4 is 11.9 Å². The highest BCUT2D eigenvalue weighted by molar-refractivity contribution is 5.87. The molecule has 202 valence electrons. The van der Waals surface area contributed by atoms with Crippen LogP contribution in [-0.4, -0.2) is 69.5 Å². The predicted molar refractivity (Wildman–Crippen MR) is 138 cm³/mol. The molecule has 38 heavy (non-hydrogen) atoms. The van der Waals surface area contributed by atoms with E-state index in [1.807, 2.05) is 20.9 Å². The van der Waals surface area contributed by atoms with Gasteiger partial charge in [-0.05, 0) is 64.1 Å². The van der Waals surface area contributed by atoms with Crippen LogP contribution in [0.1, 0.15) is 49.5 Å². The molecular formula is C29H34N2O7. The summed E-state index contributed by atoms with van der Waals surface area (Å²) in [4.78, 5) is 27.8. The smallest absolute Gasteiger partial charge is 0.333 e. The minimum absolute atomic E-state index is 0.0375. The van der Waals surface area contributed by atoms with Crippen molar-refractivity contribution in [3.63, 3.8) is 0 Å². The Morgan fingerprint density at radius 3 is 2.63 bits per heavy atom. The van der Waals surface area contributed by atoms with E-state index in [1.54, 1.807) is 48.5 Å². The first-order valence-electron chi connectivity index (χ1n) is 12.9. The van der Waals surface area contributed by atoms with Gasteiger partial charge in [-0.2, -0.15) is 0 Å². The van der Waals surface area contributed by atoms with Gasteiger partial charge in [-0.3, -0.25) is 4.79 Å². The SMILES string of the molecule is Cc1ccc(O)c2c1C13CCN(C)[C@H](C)[C@]1(O)CC=C(OC(=O)[C@H](C)NC(=O)[C@@H](O)c1ccccc1)C3O2. The summed E-state index contributed by atoms with van der Waals surface area (Å²) in [5.41, 5.74) is -0.176. The van der Waals surface area contributed by atoms with Gasteiger partial charge in [0.1, 0.15) is 11.8 Å². The third-order valence-electron chi connectivity index (χ3n) is 8.63. The molecule has 4 N–H and O–H groups in total. The molecule has 0 radical (unpaired) electrons. The second-order valence-electron chi connectivity index (χ2n) is 10.7. The lowest BCUT2D eigenvalue weighted by Crippen LogP contribution is -2.71. The number of carbonyl (C=O) groups is 2. The number of phenolic OH excluding ortho intramolecular Hbond substituents is 1. The fraction of sp³-hybridized carbons (Fsp3) is 0.448. The number of amides is 1. The molecule has 1 fully saturated rings. The summed E-state index contributed by atoms with van der Waals surface area (Å²) < 4.78 is 12.1. The zero-order valence-corrected chi connectivity index (χ0v) is 22.0. The van der Waals surface area contributed by atoms with Crippen molar-refractivity contribution in [3.8, 4) is 11.5 Å². The van der Waals surface area contributed by atoms with Crippen LogP contribution in [0.5, 0.6) is 11.5 Å². The number of carbonyl (C=O) groups excluding carboxylic acids is 2. The minimum atomic E-state index is -1.43. The van der Waals surface area contributed by atoms with Gasteiger partial charge in [0, 0.05) is 18.0 Å². The molecule has 1 aliphatic carbocycles. The molecule has 2 aliphatic heterocycles. The van der Waals surface area contributed by atoms with Gasteiger partial charge in [0.05, 0.1) is 11.0 Å². The average Bonchev–Trinajstić information content (AvgIpc) is 3.28. The van der Waals surface area contributed by atoms with Gasteiger partial charge >= 0.3 is 5.97 Å². The molecular weight excluding hydrogens is 488 g/mol. The number of aliphatic hydroxyl groups excluding tert-OH is 1. The van der Waals surface area contributed by atoms with E-state index in [4.69, 9.17) is 9.47 Å². The number of aliphatic hydroxyl groups is 2. The van der Waals surface area contributed by atoms with Crippen LogP contribution in [0, 0.1) is 6.92 Å². The number of esters is 1. The van der Waals surface area contributed by atoms with Crippen LogP contribution in [0.2, 0.25) is 0 Å². The third kappa shape index (κ3) is 3.80. The number of likely N-dealkylation sites (tertiary alicyclic amines) is 1. The maximum Gasteiger partial charge on any atom is 0.333 e. The number of phenols is 1. The number of ether oxygens (including phenoxy) is 2. The fourth-order valence-electron chi connectivity index (χ4n) is 6.35. The van der Waals surface area contributed by atoms with E-state index in [0.29, 0.717) is 24.3 Å². The van der Waals surface area contributed by atoms with Crippen LogP contribution in [0.4, 0.5) is 0 Å².